The van der Waals surface area contributed by atoms with Gasteiger partial charge in [0.2, 0.25) is 10.0 Å². The average molecular weight is 298 g/mol. The van der Waals surface area contributed by atoms with Gasteiger partial charge in [-0.05, 0) is 36.6 Å². The fraction of sp³-hybridized carbons (Fsp3) is 0.571. The maximum Gasteiger partial charge on any atom is 0.243 e. The lowest BCUT2D eigenvalue weighted by Crippen LogP contribution is -2.34. The van der Waals surface area contributed by atoms with Gasteiger partial charge in [-0.25, -0.2) is 8.42 Å². The van der Waals surface area contributed by atoms with E-state index in [1.807, 2.05) is 13.0 Å². The topological polar surface area (TPSA) is 69.6 Å². The zero-order valence-electron chi connectivity index (χ0n) is 11.8. The Morgan fingerprint density at radius 1 is 1.35 bits per heavy atom. The van der Waals surface area contributed by atoms with Crippen LogP contribution in [0.5, 0.6) is 0 Å². The van der Waals surface area contributed by atoms with Gasteiger partial charge < -0.3 is 10.4 Å². The van der Waals surface area contributed by atoms with E-state index < -0.39 is 10.0 Å². The van der Waals surface area contributed by atoms with Crippen LogP contribution in [0, 0.1) is 0 Å². The molecule has 1 aliphatic rings. The number of fused-ring (bicyclic) bond motifs is 1. The van der Waals surface area contributed by atoms with Crippen LogP contribution in [-0.4, -0.2) is 44.1 Å². The quantitative estimate of drug-likeness (QED) is 0.799. The van der Waals surface area contributed by atoms with E-state index in [-0.39, 0.29) is 13.2 Å². The highest BCUT2D eigenvalue weighted by Gasteiger charge is 2.25. The monoisotopic (exact) mass is 298 g/mol. The first-order valence-electron chi connectivity index (χ1n) is 7.07. The molecule has 0 atom stereocenters. The minimum atomic E-state index is -3.51. The van der Waals surface area contributed by atoms with E-state index in [2.05, 4.69) is 5.32 Å². The Kier molecular flexibility index (Phi) is 5.01. The lowest BCUT2D eigenvalue weighted by Gasteiger charge is -2.21. The first kappa shape index (κ1) is 15.3. The summed E-state index contributed by atoms with van der Waals surface area (Å²) in [5, 5.41) is 12.3. The predicted molar refractivity (Wildman–Crippen MR) is 79.4 cm³/mol. The molecule has 0 saturated carbocycles. The molecule has 0 fully saturated rings. The number of hydrogen-bond donors (Lipinski definition) is 2. The number of anilines is 1. The van der Waals surface area contributed by atoms with Crippen LogP contribution >= 0.6 is 0 Å². The molecule has 6 heteroatoms. The first-order chi connectivity index (χ1) is 9.59. The van der Waals surface area contributed by atoms with Crippen LogP contribution < -0.4 is 5.32 Å². The molecule has 1 heterocycles. The lowest BCUT2D eigenvalue weighted by molar-refractivity contribution is 0.252. The van der Waals surface area contributed by atoms with Crippen molar-refractivity contribution in [2.24, 2.45) is 0 Å². The van der Waals surface area contributed by atoms with Crippen molar-refractivity contribution >= 4 is 15.7 Å². The van der Waals surface area contributed by atoms with Gasteiger partial charge >= 0.3 is 0 Å². The summed E-state index contributed by atoms with van der Waals surface area (Å²) in [5.74, 6) is 0. The molecule has 0 aromatic heterocycles. The third kappa shape index (κ3) is 3.13. The summed E-state index contributed by atoms with van der Waals surface area (Å²) in [6, 6.07) is 5.22. The van der Waals surface area contributed by atoms with Crippen molar-refractivity contribution in [3.8, 4) is 0 Å². The number of rotatable bonds is 7. The second-order valence-electron chi connectivity index (χ2n) is 4.98. The van der Waals surface area contributed by atoms with Crippen molar-refractivity contribution in [3.05, 3.63) is 23.8 Å². The Morgan fingerprint density at radius 3 is 2.85 bits per heavy atom. The van der Waals surface area contributed by atoms with Gasteiger partial charge in [-0.1, -0.05) is 13.3 Å². The lowest BCUT2D eigenvalue weighted by atomic mass is 10.2. The van der Waals surface area contributed by atoms with Crippen LogP contribution in [0.15, 0.2) is 23.1 Å². The second kappa shape index (κ2) is 6.56. The number of sulfonamides is 1. The average Bonchev–Trinajstić information content (AvgIpc) is 2.90. The fourth-order valence-electron chi connectivity index (χ4n) is 2.39. The summed E-state index contributed by atoms with van der Waals surface area (Å²) in [5.41, 5.74) is 2.07. The number of nitrogens with zero attached hydrogens (tertiary/aromatic N) is 1. The second-order valence-corrected chi connectivity index (χ2v) is 6.91. The predicted octanol–water partition coefficient (Wildman–Crippen LogP) is 1.44. The first-order valence-corrected chi connectivity index (χ1v) is 8.51. The van der Waals surface area contributed by atoms with E-state index in [9.17, 15) is 8.42 Å². The van der Waals surface area contributed by atoms with Crippen molar-refractivity contribution in [3.63, 3.8) is 0 Å². The van der Waals surface area contributed by atoms with Crippen LogP contribution in [0.1, 0.15) is 25.3 Å². The molecular weight excluding hydrogens is 276 g/mol. The molecule has 0 radical (unpaired) electrons. The third-order valence-corrected chi connectivity index (χ3v) is 5.43. The highest BCUT2D eigenvalue weighted by molar-refractivity contribution is 7.89. The largest absolute Gasteiger partial charge is 0.395 e. The number of aliphatic hydroxyl groups excluding tert-OH is 1. The summed E-state index contributed by atoms with van der Waals surface area (Å²) in [7, 11) is -3.51. The van der Waals surface area contributed by atoms with Gasteiger partial charge in [0.1, 0.15) is 0 Å². The number of benzene rings is 1. The van der Waals surface area contributed by atoms with Crippen molar-refractivity contribution in [1.29, 1.82) is 0 Å². The fourth-order valence-corrected chi connectivity index (χ4v) is 3.91. The van der Waals surface area contributed by atoms with E-state index in [0.29, 0.717) is 11.4 Å². The van der Waals surface area contributed by atoms with E-state index in [4.69, 9.17) is 5.11 Å². The SMILES string of the molecule is CCCCN(CCO)S(=O)(=O)c1ccc2c(c1)CCN2. The molecule has 1 aliphatic heterocycles. The van der Waals surface area contributed by atoms with Crippen molar-refractivity contribution in [2.45, 2.75) is 31.1 Å². The molecular formula is C14H22N2O3S. The van der Waals surface area contributed by atoms with Crippen LogP contribution in [-0.2, 0) is 16.4 Å². The van der Waals surface area contributed by atoms with Gasteiger partial charge in [0, 0.05) is 25.3 Å². The van der Waals surface area contributed by atoms with Crippen molar-refractivity contribution in [1.82, 2.24) is 4.31 Å². The van der Waals surface area contributed by atoms with Gasteiger partial charge in [-0.15, -0.1) is 0 Å². The van der Waals surface area contributed by atoms with Gasteiger partial charge in [0.15, 0.2) is 0 Å². The molecule has 0 bridgehead atoms. The van der Waals surface area contributed by atoms with Crippen LogP contribution in [0.3, 0.4) is 0 Å². The molecule has 0 spiro atoms. The molecule has 0 saturated heterocycles. The number of unbranched alkanes of at least 4 members (excludes halogenated alkanes) is 1. The Labute approximate surface area is 120 Å². The summed E-state index contributed by atoms with van der Waals surface area (Å²) in [6.07, 6.45) is 2.57. The molecule has 5 nitrogen and oxygen atoms in total. The number of hydrogen-bond acceptors (Lipinski definition) is 4. The number of nitrogens with one attached hydrogen (secondary N) is 1. The summed E-state index contributed by atoms with van der Waals surface area (Å²) < 4.78 is 26.6. The van der Waals surface area contributed by atoms with Crippen LogP contribution in [0.2, 0.25) is 0 Å². The minimum Gasteiger partial charge on any atom is -0.395 e. The highest BCUT2D eigenvalue weighted by atomic mass is 32.2. The Bertz CT molecular complexity index is 558. The molecule has 20 heavy (non-hydrogen) atoms. The minimum absolute atomic E-state index is 0.150. The molecule has 2 rings (SSSR count). The van der Waals surface area contributed by atoms with E-state index in [1.54, 1.807) is 12.1 Å². The van der Waals surface area contributed by atoms with E-state index >= 15 is 0 Å². The van der Waals surface area contributed by atoms with Crippen molar-refractivity contribution < 1.29 is 13.5 Å². The van der Waals surface area contributed by atoms with Gasteiger partial charge in [0.05, 0.1) is 11.5 Å². The van der Waals surface area contributed by atoms with Crippen LogP contribution in [0.4, 0.5) is 5.69 Å². The van der Waals surface area contributed by atoms with Gasteiger partial charge in [-0.3, -0.25) is 0 Å². The van der Waals surface area contributed by atoms with E-state index in [1.165, 1.54) is 4.31 Å². The van der Waals surface area contributed by atoms with E-state index in [0.717, 1.165) is 37.1 Å². The zero-order valence-corrected chi connectivity index (χ0v) is 12.6. The molecule has 1 aromatic carbocycles. The summed E-state index contributed by atoms with van der Waals surface area (Å²) in [6.45, 7) is 3.32. The Hall–Kier alpha value is -1.11. The third-order valence-electron chi connectivity index (χ3n) is 3.53. The molecule has 2 N–H and O–H groups in total. The maximum absolute atomic E-state index is 12.6. The Balaban J connectivity index is 2.27. The summed E-state index contributed by atoms with van der Waals surface area (Å²) in [4.78, 5) is 0.324. The van der Waals surface area contributed by atoms with Gasteiger partial charge in [0.25, 0.3) is 0 Å². The standard InChI is InChI=1S/C14H22N2O3S/c1-2-3-8-16(9-10-17)20(18,19)13-4-5-14-12(11-13)6-7-15-14/h4-5,11,15,17H,2-3,6-10H2,1H3. The maximum atomic E-state index is 12.6. The zero-order chi connectivity index (χ0) is 14.6. The molecule has 112 valence electrons. The molecule has 0 amide bonds. The summed E-state index contributed by atoms with van der Waals surface area (Å²) >= 11 is 0. The number of aliphatic hydroxyl groups is 1. The molecule has 1 aromatic rings. The normalized spacial score (nSPS) is 14.3. The highest BCUT2D eigenvalue weighted by Crippen LogP contribution is 2.26. The van der Waals surface area contributed by atoms with Gasteiger partial charge in [-0.2, -0.15) is 4.31 Å². The smallest absolute Gasteiger partial charge is 0.243 e. The molecule has 0 unspecified atom stereocenters. The van der Waals surface area contributed by atoms with Crippen LogP contribution in [0.25, 0.3) is 0 Å². The molecule has 0 aliphatic carbocycles. The van der Waals surface area contributed by atoms with Crippen molar-refractivity contribution in [2.75, 3.05) is 31.6 Å². The Morgan fingerprint density at radius 2 is 2.15 bits per heavy atom.